The Hall–Kier alpha value is -2.40. The van der Waals surface area contributed by atoms with Crippen molar-refractivity contribution in [2.75, 3.05) is 13.9 Å². The first-order valence-electron chi connectivity index (χ1n) is 7.59. The van der Waals surface area contributed by atoms with Crippen molar-refractivity contribution < 1.29 is 24.1 Å². The molecular formula is C18H18O5. The van der Waals surface area contributed by atoms with E-state index >= 15 is 0 Å². The number of rotatable bonds is 2. The van der Waals surface area contributed by atoms with Gasteiger partial charge in [0.25, 0.3) is 0 Å². The van der Waals surface area contributed by atoms with E-state index in [-0.39, 0.29) is 18.6 Å². The van der Waals surface area contributed by atoms with Gasteiger partial charge in [0.1, 0.15) is 11.5 Å². The van der Waals surface area contributed by atoms with Gasteiger partial charge in [-0.05, 0) is 23.8 Å². The van der Waals surface area contributed by atoms with Crippen LogP contribution < -0.4 is 18.9 Å². The van der Waals surface area contributed by atoms with Crippen LogP contribution >= 0.6 is 0 Å². The highest BCUT2D eigenvalue weighted by atomic mass is 16.7. The van der Waals surface area contributed by atoms with E-state index in [2.05, 4.69) is 0 Å². The second kappa shape index (κ2) is 5.35. The average Bonchev–Trinajstić information content (AvgIpc) is 3.02. The third-order valence-corrected chi connectivity index (χ3v) is 4.54. The number of ether oxygens (including phenoxy) is 4. The van der Waals surface area contributed by atoms with E-state index in [4.69, 9.17) is 18.9 Å². The van der Waals surface area contributed by atoms with Crippen molar-refractivity contribution in [2.24, 2.45) is 5.92 Å². The molecule has 5 heteroatoms. The minimum atomic E-state index is -0.866. The summed E-state index contributed by atoms with van der Waals surface area (Å²) < 4.78 is 21.8. The van der Waals surface area contributed by atoms with E-state index < -0.39 is 6.29 Å². The van der Waals surface area contributed by atoms with Crippen LogP contribution in [0.5, 0.6) is 23.0 Å². The Bertz CT molecular complexity index is 725. The largest absolute Gasteiger partial charge is 0.497 e. The molecule has 5 nitrogen and oxygen atoms in total. The van der Waals surface area contributed by atoms with Gasteiger partial charge >= 0.3 is 0 Å². The number of aliphatic hydroxyl groups excluding tert-OH is 1. The third-order valence-electron chi connectivity index (χ3n) is 4.54. The third kappa shape index (κ3) is 2.28. The Morgan fingerprint density at radius 2 is 1.74 bits per heavy atom. The van der Waals surface area contributed by atoms with Crippen molar-refractivity contribution >= 4 is 0 Å². The Labute approximate surface area is 134 Å². The van der Waals surface area contributed by atoms with Crippen LogP contribution in [-0.2, 0) is 0 Å². The predicted octanol–water partition coefficient (Wildman–Crippen LogP) is 2.90. The fourth-order valence-corrected chi connectivity index (χ4v) is 3.26. The average molecular weight is 314 g/mol. The Morgan fingerprint density at radius 3 is 2.43 bits per heavy atom. The molecule has 0 spiro atoms. The molecule has 0 unspecified atom stereocenters. The van der Waals surface area contributed by atoms with Crippen LogP contribution in [0.25, 0.3) is 0 Å². The molecule has 120 valence electrons. The standard InChI is InChI=1S/C18H18O5/c1-10-17(11-3-5-12(20-2)6-4-11)13-7-15-16(22-9-21-15)8-14(13)23-18(10)19/h3-8,10,17-19H,9H2,1-2H3/t10-,17+,18-/m1/s1. The van der Waals surface area contributed by atoms with Crippen molar-refractivity contribution in [3.05, 3.63) is 47.5 Å². The van der Waals surface area contributed by atoms with Gasteiger partial charge < -0.3 is 24.1 Å². The van der Waals surface area contributed by atoms with Crippen LogP contribution in [-0.4, -0.2) is 25.3 Å². The van der Waals surface area contributed by atoms with E-state index in [9.17, 15) is 5.11 Å². The first-order chi connectivity index (χ1) is 11.2. The number of methoxy groups -OCH3 is 1. The minimum Gasteiger partial charge on any atom is -0.497 e. The van der Waals surface area contributed by atoms with E-state index in [1.807, 2.05) is 37.3 Å². The smallest absolute Gasteiger partial charge is 0.231 e. The predicted molar refractivity (Wildman–Crippen MR) is 83.2 cm³/mol. The van der Waals surface area contributed by atoms with Gasteiger partial charge in [0.05, 0.1) is 7.11 Å². The highest BCUT2D eigenvalue weighted by Gasteiger charge is 2.37. The van der Waals surface area contributed by atoms with E-state index in [0.717, 1.165) is 22.6 Å². The molecule has 4 rings (SSSR count). The Morgan fingerprint density at radius 1 is 1.04 bits per heavy atom. The number of aliphatic hydroxyl groups is 1. The van der Waals surface area contributed by atoms with Gasteiger partial charge in [-0.1, -0.05) is 19.1 Å². The molecule has 0 saturated carbocycles. The minimum absolute atomic E-state index is 0.00848. The second-order valence-corrected chi connectivity index (χ2v) is 5.86. The lowest BCUT2D eigenvalue weighted by Gasteiger charge is -2.35. The lowest BCUT2D eigenvalue weighted by molar-refractivity contribution is -0.0729. The van der Waals surface area contributed by atoms with Crippen molar-refractivity contribution in [2.45, 2.75) is 19.1 Å². The summed E-state index contributed by atoms with van der Waals surface area (Å²) in [4.78, 5) is 0. The summed E-state index contributed by atoms with van der Waals surface area (Å²) in [5, 5.41) is 10.3. The normalized spacial score (nSPS) is 24.7. The van der Waals surface area contributed by atoms with Gasteiger partial charge in [-0.15, -0.1) is 0 Å². The topological polar surface area (TPSA) is 57.2 Å². The first kappa shape index (κ1) is 14.2. The van der Waals surface area contributed by atoms with Gasteiger partial charge in [0, 0.05) is 23.5 Å². The first-order valence-corrected chi connectivity index (χ1v) is 7.59. The molecule has 2 aromatic rings. The van der Waals surface area contributed by atoms with Gasteiger partial charge in [0.2, 0.25) is 13.1 Å². The molecule has 0 saturated heterocycles. The molecule has 3 atom stereocenters. The number of hydrogen-bond donors (Lipinski definition) is 1. The van der Waals surface area contributed by atoms with Gasteiger partial charge in [0.15, 0.2) is 11.5 Å². The van der Waals surface area contributed by atoms with E-state index in [0.29, 0.717) is 11.5 Å². The number of benzene rings is 2. The molecule has 23 heavy (non-hydrogen) atoms. The van der Waals surface area contributed by atoms with Crippen LogP contribution in [0.1, 0.15) is 24.0 Å². The molecule has 2 aliphatic rings. The fourth-order valence-electron chi connectivity index (χ4n) is 3.26. The summed E-state index contributed by atoms with van der Waals surface area (Å²) in [6.07, 6.45) is -0.866. The zero-order chi connectivity index (χ0) is 16.0. The van der Waals surface area contributed by atoms with Crippen molar-refractivity contribution in [1.82, 2.24) is 0 Å². The molecule has 0 radical (unpaired) electrons. The quantitative estimate of drug-likeness (QED) is 0.923. The highest BCUT2D eigenvalue weighted by Crippen LogP contribution is 2.48. The molecule has 0 amide bonds. The van der Waals surface area contributed by atoms with Gasteiger partial charge in [-0.25, -0.2) is 0 Å². The monoisotopic (exact) mass is 314 g/mol. The molecule has 2 heterocycles. The molecule has 0 bridgehead atoms. The maximum absolute atomic E-state index is 10.3. The van der Waals surface area contributed by atoms with Crippen molar-refractivity contribution in [3.8, 4) is 23.0 Å². The molecule has 1 N–H and O–H groups in total. The zero-order valence-electron chi connectivity index (χ0n) is 13.0. The van der Waals surface area contributed by atoms with Crippen LogP contribution in [0, 0.1) is 5.92 Å². The highest BCUT2D eigenvalue weighted by molar-refractivity contribution is 5.56. The summed E-state index contributed by atoms with van der Waals surface area (Å²) in [5.41, 5.74) is 2.10. The van der Waals surface area contributed by atoms with E-state index in [1.165, 1.54) is 0 Å². The van der Waals surface area contributed by atoms with Gasteiger partial charge in [-0.2, -0.15) is 0 Å². The van der Waals surface area contributed by atoms with Crippen molar-refractivity contribution in [1.29, 1.82) is 0 Å². The maximum Gasteiger partial charge on any atom is 0.231 e. The molecule has 2 aliphatic heterocycles. The lowest BCUT2D eigenvalue weighted by atomic mass is 9.79. The van der Waals surface area contributed by atoms with Crippen LogP contribution in [0.4, 0.5) is 0 Å². The number of fused-ring (bicyclic) bond motifs is 2. The summed E-state index contributed by atoms with van der Waals surface area (Å²) in [7, 11) is 1.64. The molecular weight excluding hydrogens is 296 g/mol. The Balaban J connectivity index is 1.82. The summed E-state index contributed by atoms with van der Waals surface area (Å²) >= 11 is 0. The molecule has 2 aromatic carbocycles. The SMILES string of the molecule is COc1ccc([C@H]2c3cc4c(cc3O[C@@H](O)[C@@H]2C)OCO4)cc1. The molecule has 0 aliphatic carbocycles. The Kier molecular flexibility index (Phi) is 3.31. The summed E-state index contributed by atoms with van der Waals surface area (Å²) in [6.45, 7) is 2.19. The summed E-state index contributed by atoms with van der Waals surface area (Å²) in [6, 6.07) is 11.6. The summed E-state index contributed by atoms with van der Waals surface area (Å²) in [5.74, 6) is 2.74. The zero-order valence-corrected chi connectivity index (χ0v) is 13.0. The van der Waals surface area contributed by atoms with Crippen LogP contribution in [0.3, 0.4) is 0 Å². The van der Waals surface area contributed by atoms with Crippen molar-refractivity contribution in [3.63, 3.8) is 0 Å². The second-order valence-electron chi connectivity index (χ2n) is 5.86. The van der Waals surface area contributed by atoms with Crippen LogP contribution in [0.2, 0.25) is 0 Å². The molecule has 0 aromatic heterocycles. The van der Waals surface area contributed by atoms with E-state index in [1.54, 1.807) is 13.2 Å². The van der Waals surface area contributed by atoms with Gasteiger partial charge in [-0.3, -0.25) is 0 Å². The van der Waals surface area contributed by atoms with Crippen LogP contribution in [0.15, 0.2) is 36.4 Å². The fraction of sp³-hybridized carbons (Fsp3) is 0.333. The number of hydrogen-bond acceptors (Lipinski definition) is 5. The lowest BCUT2D eigenvalue weighted by Crippen LogP contribution is -2.34. The maximum atomic E-state index is 10.3. The molecule has 0 fully saturated rings.